The number of aryl methyl sites for hydroxylation is 3. The molecule has 0 fully saturated rings. The van der Waals surface area contributed by atoms with E-state index in [-0.39, 0.29) is 5.97 Å². The zero-order chi connectivity index (χ0) is 14.4. The summed E-state index contributed by atoms with van der Waals surface area (Å²) in [6, 6.07) is 4.20. The van der Waals surface area contributed by atoms with Gasteiger partial charge >= 0.3 is 5.97 Å². The van der Waals surface area contributed by atoms with E-state index < -0.39 is 0 Å². The molecule has 0 aromatic heterocycles. The van der Waals surface area contributed by atoms with Crippen LogP contribution in [0.1, 0.15) is 37.0 Å². The van der Waals surface area contributed by atoms with Crippen LogP contribution in [0.25, 0.3) is 0 Å². The van der Waals surface area contributed by atoms with Gasteiger partial charge in [-0.15, -0.1) is 0 Å². The number of carbonyl (C=O) groups is 1. The normalized spacial score (nSPS) is 10.6. The molecule has 1 rings (SSSR count). The zero-order valence-corrected chi connectivity index (χ0v) is 12.6. The molecule has 0 aliphatic rings. The topological polar surface area (TPSA) is 35.5 Å². The van der Waals surface area contributed by atoms with E-state index >= 15 is 0 Å². The van der Waals surface area contributed by atoms with Crippen LogP contribution in [0.3, 0.4) is 0 Å². The van der Waals surface area contributed by atoms with Gasteiger partial charge in [0.2, 0.25) is 0 Å². The van der Waals surface area contributed by atoms with Gasteiger partial charge in [0, 0.05) is 6.42 Å². The summed E-state index contributed by atoms with van der Waals surface area (Å²) in [5, 5.41) is 0. The van der Waals surface area contributed by atoms with Crippen LogP contribution in [0.5, 0.6) is 5.75 Å². The maximum Gasteiger partial charge on any atom is 0.305 e. The predicted octanol–water partition coefficient (Wildman–Crippen LogP) is 3.44. The SMILES string of the molecule is COC(=O)CCc1cc(C)cc(C)c1OCC(C)C. The lowest BCUT2D eigenvalue weighted by atomic mass is 10.0. The number of esters is 1. The van der Waals surface area contributed by atoms with E-state index in [0.29, 0.717) is 25.4 Å². The molecule has 0 aliphatic heterocycles. The number of hydrogen-bond acceptors (Lipinski definition) is 3. The van der Waals surface area contributed by atoms with E-state index in [1.165, 1.54) is 12.7 Å². The molecule has 0 N–H and O–H groups in total. The van der Waals surface area contributed by atoms with Crippen molar-refractivity contribution in [1.82, 2.24) is 0 Å². The van der Waals surface area contributed by atoms with Crippen molar-refractivity contribution in [2.75, 3.05) is 13.7 Å². The fourth-order valence-corrected chi connectivity index (χ4v) is 2.02. The van der Waals surface area contributed by atoms with Crippen LogP contribution in [0.4, 0.5) is 0 Å². The Hall–Kier alpha value is -1.51. The molecule has 0 radical (unpaired) electrons. The van der Waals surface area contributed by atoms with Crippen molar-refractivity contribution in [2.45, 2.75) is 40.5 Å². The molecule has 0 unspecified atom stereocenters. The molecule has 3 nitrogen and oxygen atoms in total. The fraction of sp³-hybridized carbons (Fsp3) is 0.562. The van der Waals surface area contributed by atoms with Crippen molar-refractivity contribution in [3.63, 3.8) is 0 Å². The Morgan fingerprint density at radius 2 is 1.95 bits per heavy atom. The number of carbonyl (C=O) groups excluding carboxylic acids is 1. The molecule has 0 saturated heterocycles. The zero-order valence-electron chi connectivity index (χ0n) is 12.6. The average molecular weight is 264 g/mol. The summed E-state index contributed by atoms with van der Waals surface area (Å²) in [6.45, 7) is 9.04. The Labute approximate surface area is 115 Å². The Kier molecular flexibility index (Phi) is 5.87. The summed E-state index contributed by atoms with van der Waals surface area (Å²) < 4.78 is 10.6. The lowest BCUT2D eigenvalue weighted by Gasteiger charge is -2.16. The number of ether oxygens (including phenoxy) is 2. The van der Waals surface area contributed by atoms with E-state index in [2.05, 4.69) is 32.9 Å². The molecule has 0 saturated carbocycles. The summed E-state index contributed by atoms with van der Waals surface area (Å²) in [5.41, 5.74) is 3.40. The second-order valence-electron chi connectivity index (χ2n) is 5.35. The number of rotatable bonds is 6. The van der Waals surface area contributed by atoms with Crippen LogP contribution in [0, 0.1) is 19.8 Å². The van der Waals surface area contributed by atoms with Gasteiger partial charge in [0.25, 0.3) is 0 Å². The van der Waals surface area contributed by atoms with Crippen molar-refractivity contribution >= 4 is 5.97 Å². The standard InChI is InChI=1S/C16H24O3/c1-11(2)10-19-16-13(4)8-12(3)9-14(16)6-7-15(17)18-5/h8-9,11H,6-7,10H2,1-5H3. The monoisotopic (exact) mass is 264 g/mol. The summed E-state index contributed by atoms with van der Waals surface area (Å²) in [7, 11) is 1.42. The minimum atomic E-state index is -0.186. The maximum atomic E-state index is 11.3. The highest BCUT2D eigenvalue weighted by atomic mass is 16.5. The minimum Gasteiger partial charge on any atom is -0.493 e. The van der Waals surface area contributed by atoms with Gasteiger partial charge in [-0.1, -0.05) is 31.5 Å². The Morgan fingerprint density at radius 1 is 1.26 bits per heavy atom. The van der Waals surface area contributed by atoms with Gasteiger partial charge in [-0.05, 0) is 37.3 Å². The molecule has 3 heteroatoms. The van der Waals surface area contributed by atoms with Crippen molar-refractivity contribution in [3.8, 4) is 5.75 Å². The molecule has 0 amide bonds. The first kappa shape index (κ1) is 15.5. The van der Waals surface area contributed by atoms with E-state index in [1.54, 1.807) is 0 Å². The molecule has 106 valence electrons. The number of benzene rings is 1. The van der Waals surface area contributed by atoms with Crippen molar-refractivity contribution < 1.29 is 14.3 Å². The lowest BCUT2D eigenvalue weighted by Crippen LogP contribution is -2.09. The lowest BCUT2D eigenvalue weighted by molar-refractivity contribution is -0.140. The van der Waals surface area contributed by atoms with Gasteiger partial charge in [0.1, 0.15) is 5.75 Å². The molecule has 1 aromatic carbocycles. The van der Waals surface area contributed by atoms with Crippen molar-refractivity contribution in [2.24, 2.45) is 5.92 Å². The smallest absolute Gasteiger partial charge is 0.305 e. The van der Waals surface area contributed by atoms with Crippen LogP contribution in [-0.2, 0) is 16.0 Å². The maximum absolute atomic E-state index is 11.3. The Balaban J connectivity index is 2.89. The minimum absolute atomic E-state index is 0.186. The van der Waals surface area contributed by atoms with Gasteiger partial charge in [-0.3, -0.25) is 4.79 Å². The number of methoxy groups -OCH3 is 1. The second kappa shape index (κ2) is 7.17. The van der Waals surface area contributed by atoms with E-state index in [0.717, 1.165) is 16.9 Å². The van der Waals surface area contributed by atoms with E-state index in [4.69, 9.17) is 9.47 Å². The highest BCUT2D eigenvalue weighted by Crippen LogP contribution is 2.27. The van der Waals surface area contributed by atoms with Gasteiger partial charge < -0.3 is 9.47 Å². The van der Waals surface area contributed by atoms with Crippen LogP contribution in [0.15, 0.2) is 12.1 Å². The first-order valence-electron chi connectivity index (χ1n) is 6.73. The van der Waals surface area contributed by atoms with Crippen LogP contribution in [-0.4, -0.2) is 19.7 Å². The summed E-state index contributed by atoms with van der Waals surface area (Å²) >= 11 is 0. The second-order valence-corrected chi connectivity index (χ2v) is 5.35. The third-order valence-electron chi connectivity index (χ3n) is 2.88. The Bertz CT molecular complexity index is 436. The Morgan fingerprint density at radius 3 is 2.53 bits per heavy atom. The summed E-state index contributed by atoms with van der Waals surface area (Å²) in [5.74, 6) is 1.21. The van der Waals surface area contributed by atoms with E-state index in [9.17, 15) is 4.79 Å². The van der Waals surface area contributed by atoms with Gasteiger partial charge in [-0.25, -0.2) is 0 Å². The summed E-state index contributed by atoms with van der Waals surface area (Å²) in [6.07, 6.45) is 1.04. The third kappa shape index (κ3) is 4.93. The molecular formula is C16H24O3. The van der Waals surface area contributed by atoms with Crippen molar-refractivity contribution in [3.05, 3.63) is 28.8 Å². The fourth-order valence-electron chi connectivity index (χ4n) is 2.02. The molecule has 1 aromatic rings. The number of hydrogen-bond donors (Lipinski definition) is 0. The molecule has 0 spiro atoms. The highest BCUT2D eigenvalue weighted by Gasteiger charge is 2.11. The largest absolute Gasteiger partial charge is 0.493 e. The molecule has 0 heterocycles. The first-order chi connectivity index (χ1) is 8.93. The summed E-state index contributed by atoms with van der Waals surface area (Å²) in [4.78, 5) is 11.3. The van der Waals surface area contributed by atoms with Gasteiger partial charge in [-0.2, -0.15) is 0 Å². The quantitative estimate of drug-likeness (QED) is 0.738. The van der Waals surface area contributed by atoms with Crippen molar-refractivity contribution in [1.29, 1.82) is 0 Å². The molecule has 0 bridgehead atoms. The highest BCUT2D eigenvalue weighted by molar-refractivity contribution is 5.69. The molecular weight excluding hydrogens is 240 g/mol. The third-order valence-corrected chi connectivity index (χ3v) is 2.88. The molecule has 19 heavy (non-hydrogen) atoms. The molecule has 0 atom stereocenters. The van der Waals surface area contributed by atoms with Gasteiger partial charge in [0.15, 0.2) is 0 Å². The van der Waals surface area contributed by atoms with Crippen LogP contribution >= 0.6 is 0 Å². The van der Waals surface area contributed by atoms with Crippen LogP contribution < -0.4 is 4.74 Å². The average Bonchev–Trinajstić information content (AvgIpc) is 2.34. The molecule has 0 aliphatic carbocycles. The van der Waals surface area contributed by atoms with Crippen LogP contribution in [0.2, 0.25) is 0 Å². The first-order valence-corrected chi connectivity index (χ1v) is 6.73. The predicted molar refractivity (Wildman–Crippen MR) is 76.6 cm³/mol. The van der Waals surface area contributed by atoms with E-state index in [1.807, 2.05) is 6.92 Å². The van der Waals surface area contributed by atoms with Gasteiger partial charge in [0.05, 0.1) is 13.7 Å².